The average Bonchev–Trinajstić information content (AvgIpc) is 2.67. The Morgan fingerprint density at radius 1 is 0.793 bits per heavy atom. The van der Waals surface area contributed by atoms with Gasteiger partial charge in [0.1, 0.15) is 0 Å². The number of rotatable bonds is 13. The fourth-order valence-electron chi connectivity index (χ4n) is 2.54. The lowest BCUT2D eigenvalue weighted by Crippen LogP contribution is -2.12. The molecule has 168 valence electrons. The minimum absolute atomic E-state index is 0.247. The first-order valence-electron chi connectivity index (χ1n) is 9.67. The topological polar surface area (TPSA) is 18.5 Å². The van der Waals surface area contributed by atoms with Crippen molar-refractivity contribution in [2.45, 2.75) is 84.2 Å². The van der Waals surface area contributed by atoms with Crippen LogP contribution in [0, 0.1) is 29.1 Å². The molecular formula is C19H28F5O2PS2. The van der Waals surface area contributed by atoms with Crippen LogP contribution < -0.4 is 0 Å². The Morgan fingerprint density at radius 2 is 1.17 bits per heavy atom. The molecule has 0 fully saturated rings. The van der Waals surface area contributed by atoms with Gasteiger partial charge in [0.25, 0.3) is 0 Å². The Hall–Kier alpha value is -0.210. The van der Waals surface area contributed by atoms with Crippen LogP contribution in [0.2, 0.25) is 0 Å². The largest absolute Gasteiger partial charge is 0.319 e. The van der Waals surface area contributed by atoms with Crippen molar-refractivity contribution in [1.82, 2.24) is 0 Å². The van der Waals surface area contributed by atoms with Gasteiger partial charge in [0.05, 0.1) is 12.2 Å². The highest BCUT2D eigenvalue weighted by molar-refractivity contribution is 8.67. The molecule has 0 spiro atoms. The van der Waals surface area contributed by atoms with E-state index in [1.807, 2.05) is 27.7 Å². The van der Waals surface area contributed by atoms with Crippen LogP contribution in [0.5, 0.6) is 0 Å². The summed E-state index contributed by atoms with van der Waals surface area (Å²) in [6, 6.07) is 0. The molecule has 0 radical (unpaired) electrons. The SMILES string of the molecule is CCCCC(C)OP(=S)(OC(C)CCCC)SCc1c(F)c(F)c(F)c(F)c1F. The van der Waals surface area contributed by atoms with Crippen molar-refractivity contribution in [2.75, 3.05) is 0 Å². The summed E-state index contributed by atoms with van der Waals surface area (Å²) in [7, 11) is 0. The number of hydrogen-bond donors (Lipinski definition) is 0. The lowest BCUT2D eigenvalue weighted by molar-refractivity contribution is 0.155. The highest BCUT2D eigenvalue weighted by Gasteiger charge is 2.30. The summed E-state index contributed by atoms with van der Waals surface area (Å²) in [5.41, 5.74) is -4.00. The molecule has 0 aliphatic carbocycles. The fraction of sp³-hybridized carbons (Fsp3) is 0.684. The molecule has 0 N–H and O–H groups in total. The summed E-state index contributed by atoms with van der Waals surface area (Å²) in [5.74, 6) is -10.4. The third kappa shape index (κ3) is 8.09. The van der Waals surface area contributed by atoms with Crippen molar-refractivity contribution in [2.24, 2.45) is 0 Å². The summed E-state index contributed by atoms with van der Waals surface area (Å²) in [6.07, 6.45) is 4.69. The first-order valence-corrected chi connectivity index (χ1v) is 13.9. The molecule has 1 rings (SSSR count). The predicted octanol–water partition coefficient (Wildman–Crippen LogP) is 8.03. The Bertz CT molecular complexity index is 671. The molecule has 0 bridgehead atoms. The molecule has 0 saturated heterocycles. The lowest BCUT2D eigenvalue weighted by atomic mass is 10.2. The minimum atomic E-state index is -3.08. The maximum Gasteiger partial charge on any atom is 0.248 e. The van der Waals surface area contributed by atoms with Gasteiger partial charge in [-0.15, -0.1) is 0 Å². The molecule has 1 aromatic rings. The normalized spacial score (nSPS) is 15.9. The van der Waals surface area contributed by atoms with Crippen molar-refractivity contribution in [3.63, 3.8) is 0 Å². The van der Waals surface area contributed by atoms with E-state index < -0.39 is 46.1 Å². The van der Waals surface area contributed by atoms with Gasteiger partial charge in [0.15, 0.2) is 23.3 Å². The molecular weight excluding hydrogens is 450 g/mol. The zero-order valence-electron chi connectivity index (χ0n) is 17.1. The van der Waals surface area contributed by atoms with Gasteiger partial charge >= 0.3 is 0 Å². The van der Waals surface area contributed by atoms with Crippen molar-refractivity contribution < 1.29 is 31.0 Å². The van der Waals surface area contributed by atoms with Gasteiger partial charge in [0.2, 0.25) is 11.5 Å². The predicted molar refractivity (Wildman–Crippen MR) is 112 cm³/mol. The quantitative estimate of drug-likeness (QED) is 0.124. The van der Waals surface area contributed by atoms with Gasteiger partial charge in [-0.1, -0.05) is 50.9 Å². The zero-order valence-corrected chi connectivity index (χ0v) is 19.6. The van der Waals surface area contributed by atoms with E-state index in [1.165, 1.54) is 0 Å². The molecule has 0 aliphatic rings. The van der Waals surface area contributed by atoms with Crippen LogP contribution in [0.25, 0.3) is 0 Å². The van der Waals surface area contributed by atoms with E-state index in [0.29, 0.717) is 0 Å². The monoisotopic (exact) mass is 478 g/mol. The van der Waals surface area contributed by atoms with E-state index in [9.17, 15) is 22.0 Å². The van der Waals surface area contributed by atoms with Crippen LogP contribution in [-0.2, 0) is 26.6 Å². The van der Waals surface area contributed by atoms with Crippen LogP contribution in [0.15, 0.2) is 0 Å². The highest BCUT2D eigenvalue weighted by Crippen LogP contribution is 2.64. The second-order valence-corrected chi connectivity index (χ2v) is 13.1. The van der Waals surface area contributed by atoms with E-state index in [4.69, 9.17) is 20.9 Å². The van der Waals surface area contributed by atoms with Gasteiger partial charge in [0, 0.05) is 11.3 Å². The molecule has 0 saturated carbocycles. The average molecular weight is 479 g/mol. The fourth-order valence-corrected chi connectivity index (χ4v) is 7.80. The van der Waals surface area contributed by atoms with Gasteiger partial charge in [-0.2, -0.15) is 0 Å². The van der Waals surface area contributed by atoms with Gasteiger partial charge in [-0.25, -0.2) is 22.0 Å². The summed E-state index contributed by atoms with van der Waals surface area (Å²) in [5, 5.41) is 0. The Kier molecular flexibility index (Phi) is 11.7. The molecule has 0 aromatic heterocycles. The van der Waals surface area contributed by atoms with E-state index in [-0.39, 0.29) is 12.2 Å². The second kappa shape index (κ2) is 12.6. The van der Waals surface area contributed by atoms with Crippen LogP contribution in [0.3, 0.4) is 0 Å². The Morgan fingerprint density at radius 3 is 1.55 bits per heavy atom. The van der Waals surface area contributed by atoms with E-state index >= 15 is 0 Å². The zero-order chi connectivity index (χ0) is 22.2. The summed E-state index contributed by atoms with van der Waals surface area (Å²) < 4.78 is 80.1. The molecule has 0 amide bonds. The number of halogens is 5. The summed E-state index contributed by atoms with van der Waals surface area (Å²) >= 11 is 6.35. The van der Waals surface area contributed by atoms with Crippen LogP contribution >= 0.6 is 17.1 Å². The van der Waals surface area contributed by atoms with Crippen LogP contribution in [0.1, 0.15) is 71.8 Å². The van der Waals surface area contributed by atoms with Gasteiger partial charge in [-0.05, 0) is 38.5 Å². The van der Waals surface area contributed by atoms with E-state index in [1.54, 1.807) is 0 Å². The van der Waals surface area contributed by atoms with Crippen molar-refractivity contribution >= 4 is 28.9 Å². The summed E-state index contributed by atoms with van der Waals surface area (Å²) in [6.45, 7) is 7.72. The third-order valence-electron chi connectivity index (χ3n) is 4.21. The summed E-state index contributed by atoms with van der Waals surface area (Å²) in [4.78, 5) is 0. The molecule has 0 aliphatic heterocycles. The van der Waals surface area contributed by atoms with Crippen molar-refractivity contribution in [1.29, 1.82) is 0 Å². The molecule has 1 aromatic carbocycles. The van der Waals surface area contributed by atoms with Gasteiger partial charge < -0.3 is 9.05 Å². The first kappa shape index (κ1) is 26.8. The maximum absolute atomic E-state index is 14.0. The first-order chi connectivity index (χ1) is 13.6. The van der Waals surface area contributed by atoms with Crippen molar-refractivity contribution in [3.05, 3.63) is 34.6 Å². The minimum Gasteiger partial charge on any atom is -0.319 e. The molecule has 0 heterocycles. The standard InChI is InChI=1S/C19H28F5O2PS2/c1-5-7-9-12(3)25-27(28,26-13(4)10-8-6-2)29-11-14-15(20)17(22)19(24)18(23)16(14)21/h12-13H,5-11H2,1-4H3. The smallest absolute Gasteiger partial charge is 0.248 e. The van der Waals surface area contributed by atoms with Crippen LogP contribution in [0.4, 0.5) is 22.0 Å². The number of benzene rings is 1. The van der Waals surface area contributed by atoms with Gasteiger partial charge in [-0.3, -0.25) is 0 Å². The highest BCUT2D eigenvalue weighted by atomic mass is 32.9. The molecule has 10 heteroatoms. The second-order valence-electron chi connectivity index (χ2n) is 6.89. The Balaban J connectivity index is 3.04. The lowest BCUT2D eigenvalue weighted by Gasteiger charge is -2.28. The molecule has 2 unspecified atom stereocenters. The van der Waals surface area contributed by atoms with Crippen molar-refractivity contribution in [3.8, 4) is 0 Å². The van der Waals surface area contributed by atoms with Crippen LogP contribution in [-0.4, -0.2) is 12.2 Å². The van der Waals surface area contributed by atoms with E-state index in [0.717, 1.165) is 49.9 Å². The number of hydrogen-bond acceptors (Lipinski definition) is 4. The molecule has 29 heavy (non-hydrogen) atoms. The maximum atomic E-state index is 14.0. The Labute approximate surface area is 178 Å². The number of unbranched alkanes of at least 4 members (excludes halogenated alkanes) is 2. The third-order valence-corrected chi connectivity index (χ3v) is 9.50. The van der Waals surface area contributed by atoms with E-state index in [2.05, 4.69) is 0 Å². The molecule has 2 nitrogen and oxygen atoms in total. The molecule has 2 atom stereocenters.